The number of nitrogens with two attached hydrogens (primary N) is 1. The van der Waals surface area contributed by atoms with Gasteiger partial charge in [-0.05, 0) is 50.3 Å². The quantitative estimate of drug-likeness (QED) is 0.554. The summed E-state index contributed by atoms with van der Waals surface area (Å²) >= 11 is 0. The summed E-state index contributed by atoms with van der Waals surface area (Å²) in [5.74, 6) is -0.335. The average molecular weight is 428 g/mol. The maximum atomic E-state index is 13.2. The summed E-state index contributed by atoms with van der Waals surface area (Å²) in [6.45, 7) is 5.80. The van der Waals surface area contributed by atoms with Gasteiger partial charge in [0.1, 0.15) is 5.82 Å². The highest BCUT2D eigenvalue weighted by Gasteiger charge is 2.41. The van der Waals surface area contributed by atoms with Crippen LogP contribution in [0.25, 0.3) is 0 Å². The van der Waals surface area contributed by atoms with Crippen molar-refractivity contribution in [2.24, 2.45) is 5.73 Å². The van der Waals surface area contributed by atoms with E-state index in [1.54, 1.807) is 11.0 Å². The second-order valence-electron chi connectivity index (χ2n) is 8.40. The predicted octanol–water partition coefficient (Wildman–Crippen LogP) is 4.82. The van der Waals surface area contributed by atoms with Crippen LogP contribution >= 0.6 is 0 Å². The Morgan fingerprint density at radius 3 is 2.53 bits per heavy atom. The molecule has 0 aromatic heterocycles. The summed E-state index contributed by atoms with van der Waals surface area (Å²) in [5, 5.41) is 21.5. The van der Waals surface area contributed by atoms with E-state index in [1.165, 1.54) is 12.1 Å². The van der Waals surface area contributed by atoms with Crippen molar-refractivity contribution in [1.29, 1.82) is 5.26 Å². The van der Waals surface area contributed by atoms with Crippen molar-refractivity contribution in [3.8, 4) is 6.07 Å². The van der Waals surface area contributed by atoms with Crippen LogP contribution in [0.4, 0.5) is 11.4 Å². The third-order valence-corrected chi connectivity index (χ3v) is 6.29. The highest BCUT2D eigenvalue weighted by Crippen LogP contribution is 2.47. The van der Waals surface area contributed by atoms with Gasteiger partial charge in [0.2, 0.25) is 0 Å². The number of benzene rings is 2. The molecule has 2 N–H and O–H groups in total. The van der Waals surface area contributed by atoms with Crippen molar-refractivity contribution >= 4 is 17.2 Å². The molecule has 2 aromatic carbocycles. The molecule has 1 unspecified atom stereocenters. The lowest BCUT2D eigenvalue weighted by Crippen LogP contribution is -2.39. The number of nitro benzene ring substituents is 1. The molecule has 0 saturated carbocycles. The zero-order valence-electron chi connectivity index (χ0n) is 18.3. The Labute approximate surface area is 186 Å². The topological polar surface area (TPSA) is 113 Å². The van der Waals surface area contributed by atoms with Crippen molar-refractivity contribution in [1.82, 2.24) is 0 Å². The molecule has 2 aliphatic rings. The summed E-state index contributed by atoms with van der Waals surface area (Å²) in [5.41, 5.74) is 12.4. The second-order valence-corrected chi connectivity index (χ2v) is 8.40. The number of ketones is 1. The largest absolute Gasteiger partial charge is 0.384 e. The number of nitro groups is 1. The summed E-state index contributed by atoms with van der Waals surface area (Å²) < 4.78 is 0. The number of carbonyl (C=O) groups is 1. The van der Waals surface area contributed by atoms with Gasteiger partial charge in [-0.2, -0.15) is 5.26 Å². The minimum atomic E-state index is -0.543. The van der Waals surface area contributed by atoms with Gasteiger partial charge in [0.25, 0.3) is 5.69 Å². The maximum Gasteiger partial charge on any atom is 0.271 e. The third-order valence-electron chi connectivity index (χ3n) is 6.29. The van der Waals surface area contributed by atoms with Crippen LogP contribution in [0.15, 0.2) is 59.1 Å². The number of Topliss-reactive ketones (excluding diaryl/α,β-unsaturated/α-hetero) is 1. The van der Waals surface area contributed by atoms with E-state index in [1.807, 2.05) is 39.0 Å². The molecule has 0 radical (unpaired) electrons. The van der Waals surface area contributed by atoms with Crippen molar-refractivity contribution < 1.29 is 9.72 Å². The molecule has 4 rings (SSSR count). The van der Waals surface area contributed by atoms with Crippen molar-refractivity contribution in [3.05, 3.63) is 91.4 Å². The van der Waals surface area contributed by atoms with Crippen LogP contribution in [0.1, 0.15) is 47.4 Å². The van der Waals surface area contributed by atoms with Crippen LogP contribution in [0, 0.1) is 42.2 Å². The lowest BCUT2D eigenvalue weighted by molar-refractivity contribution is -0.384. The van der Waals surface area contributed by atoms with Gasteiger partial charge < -0.3 is 5.73 Å². The number of allylic oxidation sites excluding steroid dienone is 3. The normalized spacial score (nSPS) is 18.5. The van der Waals surface area contributed by atoms with E-state index in [0.717, 1.165) is 28.0 Å². The minimum Gasteiger partial charge on any atom is -0.384 e. The molecule has 1 aliphatic heterocycles. The molecule has 162 valence electrons. The number of rotatable bonds is 3. The van der Waals surface area contributed by atoms with Crippen molar-refractivity contribution in [2.75, 3.05) is 4.90 Å². The van der Waals surface area contributed by atoms with Crippen LogP contribution in [0.2, 0.25) is 0 Å². The van der Waals surface area contributed by atoms with Gasteiger partial charge in [-0.15, -0.1) is 0 Å². The molecule has 7 nitrogen and oxygen atoms in total. The number of non-ortho nitro benzene ring substituents is 1. The molecule has 0 fully saturated rings. The first-order chi connectivity index (χ1) is 15.2. The molecule has 0 bridgehead atoms. The Kier molecular flexibility index (Phi) is 5.31. The number of carbonyl (C=O) groups excluding carboxylic acids is 1. The molecule has 1 heterocycles. The molecule has 0 amide bonds. The van der Waals surface area contributed by atoms with E-state index < -0.39 is 10.8 Å². The molecule has 0 saturated heterocycles. The lowest BCUT2D eigenvalue weighted by Gasteiger charge is -2.40. The van der Waals surface area contributed by atoms with Crippen LogP contribution in [-0.4, -0.2) is 10.7 Å². The van der Waals surface area contributed by atoms with E-state index >= 15 is 0 Å². The number of hydrogen-bond donors (Lipinski definition) is 1. The van der Waals surface area contributed by atoms with E-state index in [4.69, 9.17) is 5.73 Å². The average Bonchev–Trinajstić information content (AvgIpc) is 2.74. The summed E-state index contributed by atoms with van der Waals surface area (Å²) in [6.07, 6.45) is 1.67. The van der Waals surface area contributed by atoms with Gasteiger partial charge in [0.05, 0.1) is 28.2 Å². The molecule has 32 heavy (non-hydrogen) atoms. The van der Waals surface area contributed by atoms with E-state index in [-0.39, 0.29) is 22.9 Å². The molecular weight excluding hydrogens is 404 g/mol. The summed E-state index contributed by atoms with van der Waals surface area (Å²) in [4.78, 5) is 25.9. The van der Waals surface area contributed by atoms with Crippen molar-refractivity contribution in [3.63, 3.8) is 0 Å². The Bertz CT molecular complexity index is 1270. The molecule has 7 heteroatoms. The van der Waals surface area contributed by atoms with Gasteiger partial charge in [-0.1, -0.05) is 29.8 Å². The first-order valence-corrected chi connectivity index (χ1v) is 10.5. The maximum absolute atomic E-state index is 13.2. The van der Waals surface area contributed by atoms with Gasteiger partial charge >= 0.3 is 0 Å². The number of hydrogen-bond acceptors (Lipinski definition) is 6. The van der Waals surface area contributed by atoms with Crippen LogP contribution in [-0.2, 0) is 4.79 Å². The number of anilines is 1. The monoisotopic (exact) mass is 428 g/mol. The first kappa shape index (κ1) is 21.3. The van der Waals surface area contributed by atoms with E-state index in [0.29, 0.717) is 30.5 Å². The van der Waals surface area contributed by atoms with Crippen LogP contribution in [0.3, 0.4) is 0 Å². The summed E-state index contributed by atoms with van der Waals surface area (Å²) in [7, 11) is 0. The molecular formula is C25H24N4O3. The van der Waals surface area contributed by atoms with Crippen molar-refractivity contribution in [2.45, 2.75) is 46.0 Å². The fourth-order valence-corrected chi connectivity index (χ4v) is 4.77. The number of nitrogens with zero attached hydrogens (tertiary/aromatic N) is 3. The van der Waals surface area contributed by atoms with Gasteiger partial charge in [-0.25, -0.2) is 0 Å². The van der Waals surface area contributed by atoms with Crippen LogP contribution in [0.5, 0.6) is 0 Å². The Morgan fingerprint density at radius 1 is 1.12 bits per heavy atom. The van der Waals surface area contributed by atoms with E-state index in [2.05, 4.69) is 6.07 Å². The molecule has 0 spiro atoms. The Morgan fingerprint density at radius 2 is 1.88 bits per heavy atom. The molecule has 1 atom stereocenters. The van der Waals surface area contributed by atoms with Gasteiger partial charge in [-0.3, -0.25) is 19.8 Å². The standard InChI is InChI=1S/C25H24N4O3/c1-14-7-10-18(16(3)11-14)23-19(13-26)25(27)28(20-5-4-6-22(30)24(20)23)21-12-17(29(31)32)9-8-15(21)2/h7-12,23H,4-6,27H2,1-3H3. The Balaban J connectivity index is 2.01. The SMILES string of the molecule is Cc1ccc(C2C(C#N)=C(N)N(c3cc([N+](=O)[O-])ccc3C)C3=C2C(=O)CCC3)c(C)c1. The fraction of sp³-hybridized carbons (Fsp3) is 0.280. The zero-order valence-corrected chi connectivity index (χ0v) is 18.3. The zero-order chi connectivity index (χ0) is 23.2. The van der Waals surface area contributed by atoms with E-state index in [9.17, 15) is 20.2 Å². The lowest BCUT2D eigenvalue weighted by atomic mass is 9.74. The second kappa shape index (κ2) is 7.97. The fourth-order valence-electron chi connectivity index (χ4n) is 4.77. The number of nitriles is 1. The van der Waals surface area contributed by atoms with Crippen LogP contribution < -0.4 is 10.6 Å². The predicted molar refractivity (Wildman–Crippen MR) is 122 cm³/mol. The summed E-state index contributed by atoms with van der Waals surface area (Å²) in [6, 6.07) is 12.8. The van der Waals surface area contributed by atoms with Gasteiger partial charge in [0, 0.05) is 29.8 Å². The van der Waals surface area contributed by atoms with Gasteiger partial charge in [0.15, 0.2) is 5.78 Å². The number of aryl methyl sites for hydroxylation is 3. The first-order valence-electron chi connectivity index (χ1n) is 10.5. The highest BCUT2D eigenvalue weighted by molar-refractivity contribution is 6.01. The minimum absolute atomic E-state index is 0.00967. The smallest absolute Gasteiger partial charge is 0.271 e. The third kappa shape index (κ3) is 3.34. The Hall–Kier alpha value is -3.92. The molecule has 1 aliphatic carbocycles. The highest BCUT2D eigenvalue weighted by atomic mass is 16.6. The molecule has 2 aromatic rings.